The molecule has 0 amide bonds. The van der Waals surface area contributed by atoms with Crippen LogP contribution in [-0.4, -0.2) is 13.0 Å². The average Bonchev–Trinajstić information content (AvgIpc) is 2.68. The largest absolute Gasteiger partial charge is 0.494 e. The molecular formula is C10H10N2OS2. The molecule has 1 aliphatic heterocycles. The molecule has 0 unspecified atom stereocenters. The molecule has 2 rings (SSSR count). The lowest BCUT2D eigenvalue weighted by Gasteiger charge is -2.11. The maximum Gasteiger partial charge on any atom is 0.149 e. The van der Waals surface area contributed by atoms with E-state index >= 15 is 0 Å². The van der Waals surface area contributed by atoms with Gasteiger partial charge in [0.1, 0.15) is 11.2 Å². The van der Waals surface area contributed by atoms with Gasteiger partial charge in [-0.05, 0) is 30.3 Å². The lowest BCUT2D eigenvalue weighted by Crippen LogP contribution is -1.94. The van der Waals surface area contributed by atoms with E-state index in [-0.39, 0.29) is 0 Å². The number of anilines is 1. The van der Waals surface area contributed by atoms with Crippen LogP contribution in [0.3, 0.4) is 0 Å². The zero-order chi connectivity index (χ0) is 10.8. The fraction of sp³-hybridized carbons (Fsp3) is 0.300. The number of methoxy groups -OCH3 is 1. The lowest BCUT2D eigenvalue weighted by atomic mass is 10.2. The van der Waals surface area contributed by atoms with E-state index in [1.165, 1.54) is 0 Å². The minimum atomic E-state index is 0.817. The number of benzene rings is 1. The molecule has 0 saturated carbocycles. The van der Waals surface area contributed by atoms with E-state index in [4.69, 9.17) is 10.00 Å². The van der Waals surface area contributed by atoms with Crippen molar-refractivity contribution in [3.8, 4) is 11.2 Å². The van der Waals surface area contributed by atoms with Crippen molar-refractivity contribution >= 4 is 29.2 Å². The van der Waals surface area contributed by atoms with Crippen molar-refractivity contribution in [3.05, 3.63) is 11.6 Å². The molecule has 5 heteroatoms. The maximum absolute atomic E-state index is 8.71. The highest BCUT2D eigenvalue weighted by Gasteiger charge is 2.21. The Labute approximate surface area is 97.2 Å². The van der Waals surface area contributed by atoms with Crippen molar-refractivity contribution in [1.29, 1.82) is 5.26 Å². The molecule has 1 aromatic rings. The summed E-state index contributed by atoms with van der Waals surface area (Å²) in [6.45, 7) is 2.04. The number of ether oxygens (including phenoxy) is 1. The molecule has 0 radical (unpaired) electrons. The van der Waals surface area contributed by atoms with Gasteiger partial charge in [0.15, 0.2) is 0 Å². The van der Waals surface area contributed by atoms with Crippen LogP contribution in [0.2, 0.25) is 0 Å². The van der Waals surface area contributed by atoms with Crippen LogP contribution in [0.15, 0.2) is 15.9 Å². The van der Waals surface area contributed by atoms with E-state index < -0.39 is 0 Å². The van der Waals surface area contributed by atoms with Crippen LogP contribution in [0.4, 0.5) is 5.69 Å². The Balaban J connectivity index is 2.59. The third kappa shape index (κ3) is 1.75. The number of hydrogen-bond donors (Lipinski definition) is 1. The standard InChI is InChI=1S/C10H10N2OS2/c1-6-3-7(14-4-11)9(13-2)10-8(6)12-5-15-10/h3,12H,5H2,1-2H3. The Kier molecular flexibility index (Phi) is 2.98. The van der Waals surface area contributed by atoms with Crippen molar-refractivity contribution < 1.29 is 4.74 Å². The summed E-state index contributed by atoms with van der Waals surface area (Å²) in [6.07, 6.45) is 0. The van der Waals surface area contributed by atoms with Gasteiger partial charge in [0.25, 0.3) is 0 Å². The second-order valence-electron chi connectivity index (χ2n) is 3.09. The van der Waals surface area contributed by atoms with Crippen LogP contribution in [-0.2, 0) is 0 Å². The van der Waals surface area contributed by atoms with Gasteiger partial charge in [-0.2, -0.15) is 5.26 Å². The Hall–Kier alpha value is -0.990. The predicted molar refractivity (Wildman–Crippen MR) is 63.5 cm³/mol. The number of thiocyanates is 1. The molecule has 1 heterocycles. The third-order valence-electron chi connectivity index (χ3n) is 2.22. The first-order valence-corrected chi connectivity index (χ1v) is 6.22. The first-order chi connectivity index (χ1) is 7.27. The van der Waals surface area contributed by atoms with Gasteiger partial charge in [-0.3, -0.25) is 0 Å². The number of thioether (sulfide) groups is 2. The van der Waals surface area contributed by atoms with E-state index in [2.05, 4.69) is 10.7 Å². The van der Waals surface area contributed by atoms with Gasteiger partial charge in [0.05, 0.1) is 28.5 Å². The first kappa shape index (κ1) is 10.5. The highest BCUT2D eigenvalue weighted by Crippen LogP contribution is 2.47. The summed E-state index contributed by atoms with van der Waals surface area (Å²) >= 11 is 2.86. The first-order valence-electron chi connectivity index (χ1n) is 4.42. The molecule has 15 heavy (non-hydrogen) atoms. The van der Waals surface area contributed by atoms with Gasteiger partial charge in [0.2, 0.25) is 0 Å². The number of nitrogens with zero attached hydrogens (tertiary/aromatic N) is 1. The molecule has 0 atom stereocenters. The molecule has 0 aliphatic carbocycles. The summed E-state index contributed by atoms with van der Waals surface area (Å²) in [5.74, 6) is 1.69. The summed E-state index contributed by atoms with van der Waals surface area (Å²) < 4.78 is 5.36. The summed E-state index contributed by atoms with van der Waals surface area (Å²) in [6, 6.07) is 1.99. The monoisotopic (exact) mass is 238 g/mol. The smallest absolute Gasteiger partial charge is 0.149 e. The molecular weight excluding hydrogens is 228 g/mol. The number of hydrogen-bond acceptors (Lipinski definition) is 5. The van der Waals surface area contributed by atoms with Gasteiger partial charge in [0, 0.05) is 0 Å². The number of aryl methyl sites for hydroxylation is 1. The highest BCUT2D eigenvalue weighted by atomic mass is 32.2. The van der Waals surface area contributed by atoms with Crippen LogP contribution in [0.25, 0.3) is 0 Å². The van der Waals surface area contributed by atoms with E-state index in [1.54, 1.807) is 18.9 Å². The van der Waals surface area contributed by atoms with Crippen molar-refractivity contribution in [3.63, 3.8) is 0 Å². The fourth-order valence-corrected chi connectivity index (χ4v) is 3.33. The van der Waals surface area contributed by atoms with Gasteiger partial charge in [-0.15, -0.1) is 0 Å². The molecule has 0 bridgehead atoms. The predicted octanol–water partition coefficient (Wildman–Crippen LogP) is 3.05. The average molecular weight is 238 g/mol. The Bertz CT molecular complexity index is 440. The highest BCUT2D eigenvalue weighted by molar-refractivity contribution is 8.04. The van der Waals surface area contributed by atoms with Crippen molar-refractivity contribution in [2.45, 2.75) is 16.7 Å². The van der Waals surface area contributed by atoms with Crippen molar-refractivity contribution in [2.24, 2.45) is 0 Å². The van der Waals surface area contributed by atoms with E-state index in [0.29, 0.717) is 0 Å². The van der Waals surface area contributed by atoms with Crippen LogP contribution in [0, 0.1) is 17.6 Å². The van der Waals surface area contributed by atoms with Crippen LogP contribution in [0.1, 0.15) is 5.56 Å². The van der Waals surface area contributed by atoms with E-state index in [9.17, 15) is 0 Å². The van der Waals surface area contributed by atoms with Gasteiger partial charge < -0.3 is 10.1 Å². The number of nitrogens with one attached hydrogen (secondary N) is 1. The fourth-order valence-electron chi connectivity index (χ4n) is 1.59. The molecule has 0 saturated heterocycles. The maximum atomic E-state index is 8.71. The second kappa shape index (κ2) is 4.25. The molecule has 0 spiro atoms. The minimum absolute atomic E-state index is 0.817. The summed E-state index contributed by atoms with van der Waals surface area (Å²) in [7, 11) is 1.64. The quantitative estimate of drug-likeness (QED) is 0.633. The molecule has 0 fully saturated rings. The minimum Gasteiger partial charge on any atom is -0.494 e. The lowest BCUT2D eigenvalue weighted by molar-refractivity contribution is 0.395. The zero-order valence-corrected chi connectivity index (χ0v) is 10.1. The summed E-state index contributed by atoms with van der Waals surface area (Å²) in [5, 5.41) is 14.1. The topological polar surface area (TPSA) is 45.0 Å². The molecule has 1 N–H and O–H groups in total. The SMILES string of the molecule is COc1c(SC#N)cc(C)c2c1SCN2. The van der Waals surface area contributed by atoms with Crippen molar-refractivity contribution in [1.82, 2.24) is 0 Å². The normalized spacial score (nSPS) is 12.9. The number of nitriles is 1. The summed E-state index contributed by atoms with van der Waals surface area (Å²) in [4.78, 5) is 2.02. The summed E-state index contributed by atoms with van der Waals surface area (Å²) in [5.41, 5.74) is 2.30. The zero-order valence-electron chi connectivity index (χ0n) is 8.46. The number of fused-ring (bicyclic) bond motifs is 1. The van der Waals surface area contributed by atoms with Crippen molar-refractivity contribution in [2.75, 3.05) is 18.3 Å². The van der Waals surface area contributed by atoms with Crippen LogP contribution in [0.5, 0.6) is 5.75 Å². The Morgan fingerprint density at radius 2 is 2.47 bits per heavy atom. The second-order valence-corrected chi connectivity index (χ2v) is 4.90. The van der Waals surface area contributed by atoms with Gasteiger partial charge >= 0.3 is 0 Å². The van der Waals surface area contributed by atoms with E-state index in [0.717, 1.165) is 44.4 Å². The van der Waals surface area contributed by atoms with Crippen LogP contribution >= 0.6 is 23.5 Å². The molecule has 1 aliphatic rings. The van der Waals surface area contributed by atoms with Gasteiger partial charge in [-0.25, -0.2) is 0 Å². The number of rotatable bonds is 2. The molecule has 3 nitrogen and oxygen atoms in total. The van der Waals surface area contributed by atoms with Crippen LogP contribution < -0.4 is 10.1 Å². The molecule has 78 valence electrons. The molecule has 1 aromatic carbocycles. The Morgan fingerprint density at radius 1 is 1.67 bits per heavy atom. The molecule has 0 aromatic heterocycles. The Morgan fingerprint density at radius 3 is 3.13 bits per heavy atom. The van der Waals surface area contributed by atoms with E-state index in [1.807, 2.05) is 13.0 Å². The van der Waals surface area contributed by atoms with Gasteiger partial charge in [-0.1, -0.05) is 11.8 Å². The third-order valence-corrected chi connectivity index (χ3v) is 3.81.